The minimum absolute atomic E-state index is 0.0352. The average Bonchev–Trinajstić information content (AvgIpc) is 3.53. The highest BCUT2D eigenvalue weighted by Crippen LogP contribution is 2.43. The van der Waals surface area contributed by atoms with Crippen LogP contribution in [0.15, 0.2) is 70.2 Å². The molecule has 3 heterocycles. The van der Waals surface area contributed by atoms with Crippen molar-refractivity contribution in [1.82, 2.24) is 9.78 Å². The van der Waals surface area contributed by atoms with Gasteiger partial charge in [-0.15, -0.1) is 23.5 Å². The Kier molecular flexibility index (Phi) is 5.24. The summed E-state index contributed by atoms with van der Waals surface area (Å²) in [6.45, 7) is 0.664. The van der Waals surface area contributed by atoms with Gasteiger partial charge in [0.15, 0.2) is 0 Å². The third kappa shape index (κ3) is 3.60. The van der Waals surface area contributed by atoms with E-state index < -0.39 is 0 Å². The molecule has 5 rings (SSSR count). The molecule has 4 aromatic rings. The van der Waals surface area contributed by atoms with Crippen LogP contribution in [-0.4, -0.2) is 27.1 Å². The molecule has 0 saturated carbocycles. The zero-order chi connectivity index (χ0) is 20.5. The Labute approximate surface area is 180 Å². The molecule has 1 atom stereocenters. The summed E-state index contributed by atoms with van der Waals surface area (Å²) < 4.78 is 13.1. The number of fused-ring (bicyclic) bond motifs is 1. The van der Waals surface area contributed by atoms with Crippen LogP contribution in [0.2, 0.25) is 0 Å². The molecule has 1 saturated heterocycles. The average molecular weight is 440 g/mol. The van der Waals surface area contributed by atoms with E-state index >= 15 is 0 Å². The lowest BCUT2D eigenvalue weighted by molar-refractivity contribution is -0.384. The van der Waals surface area contributed by atoms with Crippen molar-refractivity contribution in [3.8, 4) is 5.69 Å². The first kappa shape index (κ1) is 19.2. The summed E-state index contributed by atoms with van der Waals surface area (Å²) in [6.07, 6.45) is 1.63. The molecule has 2 aromatic carbocycles. The maximum atomic E-state index is 11.7. The molecule has 7 nitrogen and oxygen atoms in total. The monoisotopic (exact) mass is 439 g/mol. The van der Waals surface area contributed by atoms with Gasteiger partial charge in [-0.2, -0.15) is 5.10 Å². The first-order valence-corrected chi connectivity index (χ1v) is 11.4. The standard InChI is InChI=1S/C21H17N3O4S2/c25-24(26)15-11-17-19(18(12-15)30-13-16-7-4-8-27-16)20(21-28-9-10-29-21)22-23(17)14-5-2-1-3-6-14/h1-8,11-12,21H,9-10,13H2. The molecule has 152 valence electrons. The Morgan fingerprint density at radius 2 is 2.10 bits per heavy atom. The van der Waals surface area contributed by atoms with Crippen molar-refractivity contribution in [1.29, 1.82) is 0 Å². The van der Waals surface area contributed by atoms with Gasteiger partial charge in [0.05, 0.1) is 34.8 Å². The van der Waals surface area contributed by atoms with Gasteiger partial charge in [0, 0.05) is 28.2 Å². The van der Waals surface area contributed by atoms with Crippen molar-refractivity contribution in [2.24, 2.45) is 0 Å². The third-order valence-corrected chi connectivity index (χ3v) is 6.89. The minimum Gasteiger partial charge on any atom is -0.468 e. The number of nitrogens with zero attached hydrogens (tertiary/aromatic N) is 3. The minimum atomic E-state index is -0.362. The number of hydrogen-bond donors (Lipinski definition) is 0. The van der Waals surface area contributed by atoms with Crippen LogP contribution in [0, 0.1) is 10.1 Å². The predicted molar refractivity (Wildman–Crippen MR) is 117 cm³/mol. The topological polar surface area (TPSA) is 83.3 Å². The van der Waals surface area contributed by atoms with Crippen molar-refractivity contribution in [2.75, 3.05) is 12.4 Å². The van der Waals surface area contributed by atoms with Crippen LogP contribution in [0.5, 0.6) is 0 Å². The number of nitro benzene ring substituents is 1. The molecule has 1 aliphatic rings. The summed E-state index contributed by atoms with van der Waals surface area (Å²) in [7, 11) is 0. The zero-order valence-electron chi connectivity index (χ0n) is 15.8. The molecule has 1 aliphatic heterocycles. The second-order valence-corrected chi connectivity index (χ2v) is 8.86. The first-order valence-electron chi connectivity index (χ1n) is 9.35. The van der Waals surface area contributed by atoms with Gasteiger partial charge >= 0.3 is 0 Å². The molecule has 1 unspecified atom stereocenters. The number of rotatable bonds is 6. The maximum Gasteiger partial charge on any atom is 0.272 e. The zero-order valence-corrected chi connectivity index (χ0v) is 17.4. The van der Waals surface area contributed by atoms with Crippen molar-refractivity contribution in [3.63, 3.8) is 0 Å². The van der Waals surface area contributed by atoms with E-state index in [2.05, 4.69) is 0 Å². The van der Waals surface area contributed by atoms with Gasteiger partial charge in [-0.25, -0.2) is 4.68 Å². The normalized spacial score (nSPS) is 16.3. The van der Waals surface area contributed by atoms with E-state index in [4.69, 9.17) is 14.3 Å². The SMILES string of the molecule is O=[N+]([O-])c1cc(SCc2ccco2)c2c(C3OCCS3)nn(-c3ccccc3)c2c1. The fourth-order valence-corrected chi connectivity index (χ4v) is 5.37. The number of furan rings is 1. The van der Waals surface area contributed by atoms with Gasteiger partial charge in [-0.3, -0.25) is 10.1 Å². The Balaban J connectivity index is 1.71. The molecular weight excluding hydrogens is 422 g/mol. The fourth-order valence-electron chi connectivity index (χ4n) is 3.43. The molecule has 30 heavy (non-hydrogen) atoms. The van der Waals surface area contributed by atoms with Crippen LogP contribution in [0.1, 0.15) is 16.9 Å². The van der Waals surface area contributed by atoms with E-state index in [1.54, 1.807) is 34.8 Å². The van der Waals surface area contributed by atoms with Gasteiger partial charge in [0.1, 0.15) is 16.9 Å². The fraction of sp³-hybridized carbons (Fsp3) is 0.190. The summed E-state index contributed by atoms with van der Waals surface area (Å²) in [5.74, 6) is 2.27. The number of thioether (sulfide) groups is 2. The van der Waals surface area contributed by atoms with Gasteiger partial charge in [-0.1, -0.05) is 18.2 Å². The molecule has 0 bridgehead atoms. The molecule has 0 spiro atoms. The number of aromatic nitrogens is 2. The lowest BCUT2D eigenvalue weighted by Gasteiger charge is -2.08. The van der Waals surface area contributed by atoms with Crippen LogP contribution >= 0.6 is 23.5 Å². The lowest BCUT2D eigenvalue weighted by atomic mass is 10.2. The summed E-state index contributed by atoms with van der Waals surface area (Å²) >= 11 is 3.20. The molecule has 0 amide bonds. The largest absolute Gasteiger partial charge is 0.468 e. The van der Waals surface area contributed by atoms with Crippen molar-refractivity contribution < 1.29 is 14.1 Å². The molecule has 2 aromatic heterocycles. The predicted octanol–water partition coefficient (Wildman–Crippen LogP) is 5.58. The second-order valence-electron chi connectivity index (χ2n) is 6.67. The number of nitro groups is 1. The van der Waals surface area contributed by atoms with Crippen LogP contribution in [0.3, 0.4) is 0 Å². The van der Waals surface area contributed by atoms with Crippen LogP contribution in [-0.2, 0) is 10.5 Å². The van der Waals surface area contributed by atoms with Gasteiger partial charge in [0.2, 0.25) is 0 Å². The van der Waals surface area contributed by atoms with E-state index in [9.17, 15) is 10.1 Å². The summed E-state index contributed by atoms with van der Waals surface area (Å²) in [5.41, 5.74) is 2.19. The highest BCUT2D eigenvalue weighted by Gasteiger charge is 2.28. The Hall–Kier alpha value is -2.75. The Bertz CT molecular complexity index is 1190. The lowest BCUT2D eigenvalue weighted by Crippen LogP contribution is -1.99. The Morgan fingerprint density at radius 3 is 2.80 bits per heavy atom. The van der Waals surface area contributed by atoms with E-state index in [1.807, 2.05) is 42.5 Å². The smallest absolute Gasteiger partial charge is 0.272 e. The highest BCUT2D eigenvalue weighted by atomic mass is 32.2. The summed E-state index contributed by atoms with van der Waals surface area (Å²) in [5, 5.41) is 17.4. The molecule has 0 radical (unpaired) electrons. The van der Waals surface area contributed by atoms with Crippen LogP contribution in [0.4, 0.5) is 5.69 Å². The summed E-state index contributed by atoms with van der Waals surface area (Å²) in [4.78, 5) is 12.1. The van der Waals surface area contributed by atoms with E-state index in [0.29, 0.717) is 17.9 Å². The molecular formula is C21H17N3O4S2. The van der Waals surface area contributed by atoms with Gasteiger partial charge in [0.25, 0.3) is 5.69 Å². The van der Waals surface area contributed by atoms with Crippen molar-refractivity contribution >= 4 is 40.1 Å². The highest BCUT2D eigenvalue weighted by molar-refractivity contribution is 7.99. The number of ether oxygens (including phenoxy) is 1. The van der Waals surface area contributed by atoms with Crippen molar-refractivity contribution in [3.05, 3.63) is 82.4 Å². The van der Waals surface area contributed by atoms with E-state index in [1.165, 1.54) is 11.8 Å². The van der Waals surface area contributed by atoms with Gasteiger partial charge in [-0.05, 0) is 24.3 Å². The van der Waals surface area contributed by atoms with Crippen LogP contribution in [0.25, 0.3) is 16.6 Å². The van der Waals surface area contributed by atoms with Gasteiger partial charge < -0.3 is 9.15 Å². The first-order chi connectivity index (χ1) is 14.7. The number of benzene rings is 2. The molecule has 1 fully saturated rings. The number of hydrogen-bond acceptors (Lipinski definition) is 7. The number of non-ortho nitro benzene ring substituents is 1. The quantitative estimate of drug-likeness (QED) is 0.220. The van der Waals surface area contributed by atoms with Crippen LogP contribution < -0.4 is 0 Å². The summed E-state index contributed by atoms with van der Waals surface area (Å²) in [6, 6.07) is 16.6. The molecule has 0 N–H and O–H groups in total. The number of para-hydroxylation sites is 1. The Morgan fingerprint density at radius 1 is 1.23 bits per heavy atom. The third-order valence-electron chi connectivity index (χ3n) is 4.76. The molecule has 0 aliphatic carbocycles. The second kappa shape index (κ2) is 8.17. The molecule has 9 heteroatoms. The van der Waals surface area contributed by atoms with Crippen molar-refractivity contribution in [2.45, 2.75) is 16.1 Å². The van der Waals surface area contributed by atoms with E-state index in [0.717, 1.165) is 33.2 Å². The maximum absolute atomic E-state index is 11.7. The van der Waals surface area contributed by atoms with E-state index in [-0.39, 0.29) is 16.0 Å².